The maximum atomic E-state index is 15.7. The number of nitrogens with zero attached hydrogens (tertiary/aromatic N) is 3. The van der Waals surface area contributed by atoms with Gasteiger partial charge in [0.05, 0.1) is 22.6 Å². The third kappa shape index (κ3) is 7.71. The standard InChI is InChI=1S/C45H47ClFN5O2/c1-30-23-24-34(46)27-49-42-41(30)37(39-26-40(38(47)28-48-39)50-35-21-14-22-36(25-35)51-43(53)54-44(2,3)4)29-52(42)45(31-15-8-5-9-16-31,32-17-10-6-11-18-32)33-19-12-7-13-20-33/h5-13,15-20,24,26-30,35-36H,14,21-23,25H2,1-4H3,(H,48,50)(H,51,53). The number of halogens is 2. The minimum atomic E-state index is -0.849. The van der Waals surface area contributed by atoms with Gasteiger partial charge in [-0.2, -0.15) is 0 Å². The normalized spacial score (nSPS) is 18.9. The van der Waals surface area contributed by atoms with Gasteiger partial charge in [0.1, 0.15) is 17.0 Å². The molecule has 54 heavy (non-hydrogen) atoms. The smallest absolute Gasteiger partial charge is 0.407 e. The molecule has 278 valence electrons. The number of pyridine rings is 1. The van der Waals surface area contributed by atoms with E-state index in [0.717, 1.165) is 52.9 Å². The molecule has 3 heterocycles. The number of hydrogen-bond donors (Lipinski definition) is 2. The highest BCUT2D eigenvalue weighted by Gasteiger charge is 2.42. The first-order valence-electron chi connectivity index (χ1n) is 18.8. The van der Waals surface area contributed by atoms with E-state index in [2.05, 4.69) is 101 Å². The van der Waals surface area contributed by atoms with Crippen molar-refractivity contribution in [3.05, 3.63) is 149 Å². The van der Waals surface area contributed by atoms with Crippen LogP contribution in [0.3, 0.4) is 0 Å². The van der Waals surface area contributed by atoms with Gasteiger partial charge in [-0.1, -0.05) is 116 Å². The van der Waals surface area contributed by atoms with Crippen LogP contribution in [-0.2, 0) is 10.3 Å². The molecule has 1 saturated carbocycles. The number of nitrogens with one attached hydrogen (secondary N) is 2. The molecule has 1 aliphatic heterocycles. The van der Waals surface area contributed by atoms with E-state index in [9.17, 15) is 4.79 Å². The van der Waals surface area contributed by atoms with Crippen molar-refractivity contribution in [3.8, 4) is 11.3 Å². The molecular weight excluding hydrogens is 697 g/mol. The van der Waals surface area contributed by atoms with Crippen LogP contribution >= 0.6 is 11.6 Å². The summed E-state index contributed by atoms with van der Waals surface area (Å²) in [6, 6.07) is 33.1. The van der Waals surface area contributed by atoms with Crippen molar-refractivity contribution < 1.29 is 13.9 Å². The van der Waals surface area contributed by atoms with Gasteiger partial charge >= 0.3 is 6.09 Å². The number of benzene rings is 3. The molecule has 2 aromatic heterocycles. The SMILES string of the molecule is CC1CC=C(Cl)C=Nc2c1c(-c1cc(NC3CCCC(NC(=O)OC(C)(C)C)C3)c(F)cn1)cn2C(c1ccccc1)(c1ccccc1)c1ccccc1. The molecule has 9 heteroatoms. The first-order chi connectivity index (χ1) is 26.0. The van der Waals surface area contributed by atoms with Gasteiger partial charge in [-0.3, -0.25) is 4.98 Å². The number of amides is 1. The van der Waals surface area contributed by atoms with Gasteiger partial charge in [0.25, 0.3) is 0 Å². The van der Waals surface area contributed by atoms with Crippen molar-refractivity contribution in [2.45, 2.75) is 88.9 Å². The molecule has 7 rings (SSSR count). The van der Waals surface area contributed by atoms with E-state index in [0.29, 0.717) is 29.3 Å². The van der Waals surface area contributed by atoms with Crippen LogP contribution in [0.5, 0.6) is 0 Å². The topological polar surface area (TPSA) is 80.5 Å². The van der Waals surface area contributed by atoms with Gasteiger partial charge < -0.3 is 19.9 Å². The third-order valence-electron chi connectivity index (χ3n) is 10.3. The molecule has 0 saturated heterocycles. The van der Waals surface area contributed by atoms with E-state index in [1.165, 1.54) is 6.20 Å². The second-order valence-corrected chi connectivity index (χ2v) is 15.8. The predicted octanol–water partition coefficient (Wildman–Crippen LogP) is 11.1. The van der Waals surface area contributed by atoms with Gasteiger partial charge in [-0.25, -0.2) is 14.2 Å². The molecule has 1 aliphatic carbocycles. The van der Waals surface area contributed by atoms with E-state index in [-0.39, 0.29) is 18.0 Å². The van der Waals surface area contributed by atoms with E-state index < -0.39 is 23.1 Å². The molecule has 2 N–H and O–H groups in total. The van der Waals surface area contributed by atoms with E-state index in [1.54, 1.807) is 6.21 Å². The number of ether oxygens (including phenoxy) is 1. The van der Waals surface area contributed by atoms with Gasteiger partial charge in [0.15, 0.2) is 5.82 Å². The van der Waals surface area contributed by atoms with Gasteiger partial charge in [-0.05, 0) is 81.5 Å². The summed E-state index contributed by atoms with van der Waals surface area (Å²) >= 11 is 6.67. The zero-order chi connectivity index (χ0) is 37.9. The number of fused-ring (bicyclic) bond motifs is 1. The van der Waals surface area contributed by atoms with Crippen LogP contribution in [0.2, 0.25) is 0 Å². The fourth-order valence-corrected chi connectivity index (χ4v) is 8.11. The molecule has 3 aromatic carbocycles. The second kappa shape index (κ2) is 15.6. The summed E-state index contributed by atoms with van der Waals surface area (Å²) in [6.45, 7) is 7.71. The Labute approximate surface area is 322 Å². The second-order valence-electron chi connectivity index (χ2n) is 15.3. The Bertz CT molecular complexity index is 2050. The van der Waals surface area contributed by atoms with Crippen molar-refractivity contribution in [1.82, 2.24) is 14.9 Å². The lowest BCUT2D eigenvalue weighted by Gasteiger charge is -2.38. The maximum Gasteiger partial charge on any atom is 0.407 e. The summed E-state index contributed by atoms with van der Waals surface area (Å²) in [5.41, 5.74) is 4.60. The van der Waals surface area contributed by atoms with Gasteiger partial charge in [0.2, 0.25) is 0 Å². The Morgan fingerprint density at radius 3 is 2.09 bits per heavy atom. The van der Waals surface area contributed by atoms with Crippen LogP contribution in [-0.4, -0.2) is 39.5 Å². The van der Waals surface area contributed by atoms with Crippen LogP contribution in [0.25, 0.3) is 11.3 Å². The molecule has 3 atom stereocenters. The van der Waals surface area contributed by atoms with Crippen LogP contribution < -0.4 is 10.6 Å². The molecule has 3 unspecified atom stereocenters. The quantitative estimate of drug-likeness (QED) is 0.155. The Morgan fingerprint density at radius 2 is 1.50 bits per heavy atom. The van der Waals surface area contributed by atoms with Crippen LogP contribution in [0.15, 0.2) is 126 Å². The summed E-state index contributed by atoms with van der Waals surface area (Å²) < 4.78 is 23.5. The van der Waals surface area contributed by atoms with Gasteiger partial charge in [0, 0.05) is 35.6 Å². The van der Waals surface area contributed by atoms with Crippen molar-refractivity contribution in [2.24, 2.45) is 4.99 Å². The average molecular weight is 744 g/mol. The number of hydrogen-bond acceptors (Lipinski definition) is 5. The summed E-state index contributed by atoms with van der Waals surface area (Å²) in [5, 5.41) is 7.06. The van der Waals surface area contributed by atoms with Crippen molar-refractivity contribution in [2.75, 3.05) is 5.32 Å². The lowest BCUT2D eigenvalue weighted by atomic mass is 9.76. The van der Waals surface area contributed by atoms with Gasteiger partial charge in [-0.15, -0.1) is 0 Å². The van der Waals surface area contributed by atoms with Crippen molar-refractivity contribution in [1.29, 1.82) is 0 Å². The molecule has 1 amide bonds. The molecule has 0 radical (unpaired) electrons. The van der Waals surface area contributed by atoms with Crippen molar-refractivity contribution in [3.63, 3.8) is 0 Å². The zero-order valence-corrected chi connectivity index (χ0v) is 32.0. The summed E-state index contributed by atoms with van der Waals surface area (Å²) in [4.78, 5) is 22.4. The monoisotopic (exact) mass is 743 g/mol. The fraction of sp³-hybridized carbons (Fsp3) is 0.311. The van der Waals surface area contributed by atoms with Crippen molar-refractivity contribution >= 4 is 35.4 Å². The minimum Gasteiger partial charge on any atom is -0.444 e. The summed E-state index contributed by atoms with van der Waals surface area (Å²) in [7, 11) is 0. The number of aromatic nitrogens is 2. The third-order valence-corrected chi connectivity index (χ3v) is 10.6. The summed E-state index contributed by atoms with van der Waals surface area (Å²) in [6.07, 6.45) is 10.6. The molecule has 1 fully saturated rings. The Morgan fingerprint density at radius 1 is 0.907 bits per heavy atom. The van der Waals surface area contributed by atoms with E-state index in [1.807, 2.05) is 51.1 Å². The average Bonchev–Trinajstić information content (AvgIpc) is 3.53. The molecule has 0 spiro atoms. The molecule has 7 nitrogen and oxygen atoms in total. The lowest BCUT2D eigenvalue weighted by molar-refractivity contribution is 0.0492. The number of carbonyl (C=O) groups excluding carboxylic acids is 1. The highest BCUT2D eigenvalue weighted by molar-refractivity contribution is 6.39. The highest BCUT2D eigenvalue weighted by Crippen LogP contribution is 2.49. The molecule has 0 bridgehead atoms. The Kier molecular flexibility index (Phi) is 10.8. The summed E-state index contributed by atoms with van der Waals surface area (Å²) in [5.74, 6) is 0.323. The number of rotatable bonds is 8. The number of alkyl carbamates (subject to hydrolysis) is 1. The van der Waals surface area contributed by atoms with Crippen LogP contribution in [0.4, 0.5) is 20.7 Å². The molecule has 2 aliphatic rings. The number of aliphatic imine (C=N–C) groups is 1. The largest absolute Gasteiger partial charge is 0.444 e. The number of anilines is 1. The first-order valence-corrected chi connectivity index (χ1v) is 19.1. The molecular formula is C45H47ClFN5O2. The maximum absolute atomic E-state index is 15.7. The fourth-order valence-electron chi connectivity index (χ4n) is 7.97. The predicted molar refractivity (Wildman–Crippen MR) is 216 cm³/mol. The Balaban J connectivity index is 1.37. The molecule has 5 aromatic rings. The minimum absolute atomic E-state index is 0.00348. The number of allylic oxidation sites excluding steroid dienone is 2. The van der Waals surface area contributed by atoms with E-state index >= 15 is 4.39 Å². The van der Waals surface area contributed by atoms with Crippen LogP contribution in [0, 0.1) is 5.82 Å². The first kappa shape index (κ1) is 37.1. The lowest BCUT2D eigenvalue weighted by Crippen LogP contribution is -2.43. The van der Waals surface area contributed by atoms with Crippen LogP contribution in [0.1, 0.15) is 88.0 Å². The Hall–Kier alpha value is -5.21. The number of carbonyl (C=O) groups is 1. The highest BCUT2D eigenvalue weighted by atomic mass is 35.5. The van der Waals surface area contributed by atoms with E-state index in [4.69, 9.17) is 26.3 Å². The zero-order valence-electron chi connectivity index (χ0n) is 31.2.